The van der Waals surface area contributed by atoms with E-state index in [1.54, 1.807) is 0 Å². The Labute approximate surface area is 68.2 Å². The van der Waals surface area contributed by atoms with E-state index in [0.717, 1.165) is 19.4 Å². The molecule has 0 saturated carbocycles. The molecule has 0 aliphatic carbocycles. The largest absolute Gasteiger partial charge is 0.393 e. The van der Waals surface area contributed by atoms with Gasteiger partial charge in [0.1, 0.15) is 0 Å². The van der Waals surface area contributed by atoms with E-state index < -0.39 is 0 Å². The van der Waals surface area contributed by atoms with Crippen LogP contribution in [0.25, 0.3) is 0 Å². The highest BCUT2D eigenvalue weighted by Gasteiger charge is 2.22. The molecule has 2 heteroatoms. The fourth-order valence-corrected chi connectivity index (χ4v) is 1.55. The minimum atomic E-state index is -0.112. The number of aliphatic hydroxyl groups excluding tert-OH is 1. The smallest absolute Gasteiger partial charge is 0.0601 e. The normalized spacial score (nSPS) is 33.2. The topological polar surface area (TPSA) is 23.5 Å². The van der Waals surface area contributed by atoms with Gasteiger partial charge in [-0.05, 0) is 19.8 Å². The molecule has 1 aliphatic rings. The lowest BCUT2D eigenvalue weighted by molar-refractivity contribution is 0.0558. The number of aliphatic hydroxyl groups is 1. The Hall–Kier alpha value is -0.520. The number of hydrogen-bond acceptors (Lipinski definition) is 2. The van der Waals surface area contributed by atoms with Crippen LogP contribution in [0, 0.1) is 12.3 Å². The predicted molar refractivity (Wildman–Crippen MR) is 45.1 cm³/mol. The maximum absolute atomic E-state index is 9.29. The molecule has 0 bridgehead atoms. The van der Waals surface area contributed by atoms with E-state index >= 15 is 0 Å². The first-order valence-electron chi connectivity index (χ1n) is 4.09. The first-order valence-corrected chi connectivity index (χ1v) is 4.09. The van der Waals surface area contributed by atoms with Crippen LogP contribution in [-0.2, 0) is 0 Å². The lowest BCUT2D eigenvalue weighted by Gasteiger charge is -2.34. The van der Waals surface area contributed by atoms with Crippen molar-refractivity contribution >= 4 is 0 Å². The molecule has 1 fully saturated rings. The third-order valence-corrected chi connectivity index (χ3v) is 2.28. The highest BCUT2D eigenvalue weighted by molar-refractivity contribution is 4.91. The Balaban J connectivity index is 2.39. The summed E-state index contributed by atoms with van der Waals surface area (Å²) in [7, 11) is 0. The molecule has 2 unspecified atom stereocenters. The van der Waals surface area contributed by atoms with Gasteiger partial charge in [0.25, 0.3) is 0 Å². The molecular weight excluding hydrogens is 138 g/mol. The number of nitrogens with zero attached hydrogens (tertiary/aromatic N) is 1. The Morgan fingerprint density at radius 2 is 2.45 bits per heavy atom. The van der Waals surface area contributed by atoms with E-state index in [0.29, 0.717) is 12.6 Å². The van der Waals surface area contributed by atoms with E-state index in [-0.39, 0.29) is 6.10 Å². The molecule has 0 amide bonds. The first kappa shape index (κ1) is 8.58. The summed E-state index contributed by atoms with van der Waals surface area (Å²) in [5.74, 6) is 2.63. The van der Waals surface area contributed by atoms with Crippen LogP contribution in [0.2, 0.25) is 0 Å². The third-order valence-electron chi connectivity index (χ3n) is 2.28. The molecule has 1 heterocycles. The summed E-state index contributed by atoms with van der Waals surface area (Å²) >= 11 is 0. The SMILES string of the molecule is C#CCN1CCC(O)CC1C. The van der Waals surface area contributed by atoms with Crippen LogP contribution in [0.4, 0.5) is 0 Å². The van der Waals surface area contributed by atoms with Crippen molar-refractivity contribution in [2.75, 3.05) is 13.1 Å². The van der Waals surface area contributed by atoms with Crippen LogP contribution in [-0.4, -0.2) is 35.2 Å². The van der Waals surface area contributed by atoms with Gasteiger partial charge in [-0.3, -0.25) is 4.90 Å². The molecule has 0 aromatic rings. The van der Waals surface area contributed by atoms with Gasteiger partial charge in [-0.2, -0.15) is 0 Å². The zero-order valence-electron chi connectivity index (χ0n) is 6.95. The fraction of sp³-hybridized carbons (Fsp3) is 0.778. The number of terminal acetylenes is 1. The average Bonchev–Trinajstić information content (AvgIpc) is 1.95. The van der Waals surface area contributed by atoms with Gasteiger partial charge in [-0.25, -0.2) is 0 Å². The summed E-state index contributed by atoms with van der Waals surface area (Å²) in [5.41, 5.74) is 0. The molecule has 0 spiro atoms. The van der Waals surface area contributed by atoms with Gasteiger partial charge in [-0.1, -0.05) is 5.92 Å². The van der Waals surface area contributed by atoms with Gasteiger partial charge in [0, 0.05) is 12.6 Å². The molecule has 0 aromatic carbocycles. The lowest BCUT2D eigenvalue weighted by Crippen LogP contribution is -2.42. The average molecular weight is 153 g/mol. The van der Waals surface area contributed by atoms with Crippen molar-refractivity contribution in [3.8, 4) is 12.3 Å². The maximum atomic E-state index is 9.29. The molecule has 1 N–H and O–H groups in total. The molecule has 0 radical (unpaired) electrons. The number of hydrogen-bond donors (Lipinski definition) is 1. The zero-order chi connectivity index (χ0) is 8.27. The Kier molecular flexibility index (Phi) is 2.92. The lowest BCUT2D eigenvalue weighted by atomic mass is 10.0. The van der Waals surface area contributed by atoms with Crippen LogP contribution >= 0.6 is 0 Å². The molecule has 2 atom stereocenters. The summed E-state index contributed by atoms with van der Waals surface area (Å²) in [6, 6.07) is 0.440. The van der Waals surface area contributed by atoms with Gasteiger partial charge in [-0.15, -0.1) is 6.42 Å². The second-order valence-corrected chi connectivity index (χ2v) is 3.20. The highest BCUT2D eigenvalue weighted by atomic mass is 16.3. The number of piperidine rings is 1. The molecule has 11 heavy (non-hydrogen) atoms. The van der Waals surface area contributed by atoms with Crippen molar-refractivity contribution in [1.29, 1.82) is 0 Å². The minimum Gasteiger partial charge on any atom is -0.393 e. The number of likely N-dealkylation sites (tertiary alicyclic amines) is 1. The minimum absolute atomic E-state index is 0.112. The molecule has 62 valence electrons. The van der Waals surface area contributed by atoms with Crippen LogP contribution in [0.5, 0.6) is 0 Å². The summed E-state index contributed by atoms with van der Waals surface area (Å²) in [6.45, 7) is 3.76. The Bertz CT molecular complexity index is 161. The van der Waals surface area contributed by atoms with Gasteiger partial charge in [0.15, 0.2) is 0 Å². The predicted octanol–water partition coefficient (Wildman–Crippen LogP) is 0.465. The van der Waals surface area contributed by atoms with E-state index in [1.807, 2.05) is 0 Å². The Morgan fingerprint density at radius 3 is 3.00 bits per heavy atom. The van der Waals surface area contributed by atoms with Crippen molar-refractivity contribution in [3.05, 3.63) is 0 Å². The van der Waals surface area contributed by atoms with Crippen molar-refractivity contribution in [2.45, 2.75) is 31.9 Å². The van der Waals surface area contributed by atoms with Crippen LogP contribution < -0.4 is 0 Å². The highest BCUT2D eigenvalue weighted by Crippen LogP contribution is 2.15. The van der Waals surface area contributed by atoms with E-state index in [1.165, 1.54) is 0 Å². The van der Waals surface area contributed by atoms with Gasteiger partial charge in [0.05, 0.1) is 12.6 Å². The van der Waals surface area contributed by atoms with E-state index in [2.05, 4.69) is 17.7 Å². The summed E-state index contributed by atoms with van der Waals surface area (Å²) in [6.07, 6.45) is 6.82. The van der Waals surface area contributed by atoms with Gasteiger partial charge in [0.2, 0.25) is 0 Å². The van der Waals surface area contributed by atoms with Crippen LogP contribution in [0.15, 0.2) is 0 Å². The second-order valence-electron chi connectivity index (χ2n) is 3.20. The quantitative estimate of drug-likeness (QED) is 0.553. The van der Waals surface area contributed by atoms with Crippen molar-refractivity contribution in [1.82, 2.24) is 4.90 Å². The molecule has 1 aliphatic heterocycles. The van der Waals surface area contributed by atoms with Crippen molar-refractivity contribution in [3.63, 3.8) is 0 Å². The molecule has 2 nitrogen and oxygen atoms in total. The zero-order valence-corrected chi connectivity index (χ0v) is 6.95. The summed E-state index contributed by atoms with van der Waals surface area (Å²) in [4.78, 5) is 2.23. The first-order chi connectivity index (χ1) is 5.24. The van der Waals surface area contributed by atoms with E-state index in [4.69, 9.17) is 6.42 Å². The molecule has 1 saturated heterocycles. The number of rotatable bonds is 1. The van der Waals surface area contributed by atoms with Crippen LogP contribution in [0.1, 0.15) is 19.8 Å². The summed E-state index contributed by atoms with van der Waals surface area (Å²) in [5, 5.41) is 9.29. The van der Waals surface area contributed by atoms with Gasteiger partial charge < -0.3 is 5.11 Å². The van der Waals surface area contributed by atoms with Crippen molar-refractivity contribution < 1.29 is 5.11 Å². The van der Waals surface area contributed by atoms with Crippen LogP contribution in [0.3, 0.4) is 0 Å². The third kappa shape index (κ3) is 2.21. The van der Waals surface area contributed by atoms with Crippen molar-refractivity contribution in [2.24, 2.45) is 0 Å². The summed E-state index contributed by atoms with van der Waals surface area (Å²) < 4.78 is 0. The molecular formula is C9H15NO. The second kappa shape index (κ2) is 3.75. The molecule has 1 rings (SSSR count). The fourth-order valence-electron chi connectivity index (χ4n) is 1.55. The maximum Gasteiger partial charge on any atom is 0.0601 e. The standard InChI is InChI=1S/C9H15NO/c1-3-5-10-6-4-9(11)7-8(10)2/h1,8-9,11H,4-7H2,2H3. The monoisotopic (exact) mass is 153 g/mol. The Morgan fingerprint density at radius 1 is 1.73 bits per heavy atom. The molecule has 0 aromatic heterocycles. The van der Waals surface area contributed by atoms with E-state index in [9.17, 15) is 5.11 Å². The van der Waals surface area contributed by atoms with Gasteiger partial charge >= 0.3 is 0 Å².